The average Bonchev–Trinajstić information content (AvgIpc) is 2.82. The van der Waals surface area contributed by atoms with Gasteiger partial charge in [-0.15, -0.1) is 0 Å². The van der Waals surface area contributed by atoms with Crippen LogP contribution in [-0.2, 0) is 20.9 Å². The van der Waals surface area contributed by atoms with E-state index in [0.29, 0.717) is 35.5 Å². The number of esters is 1. The van der Waals surface area contributed by atoms with Crippen LogP contribution in [-0.4, -0.2) is 21.4 Å². The highest BCUT2D eigenvalue weighted by atomic mass is 32.2. The molecule has 2 aromatic rings. The van der Waals surface area contributed by atoms with E-state index >= 15 is 0 Å². The number of carbonyl (C=O) groups is 2. The summed E-state index contributed by atoms with van der Waals surface area (Å²) in [5.74, 6) is -1.30. The molecule has 190 valence electrons. The van der Waals surface area contributed by atoms with Gasteiger partial charge >= 0.3 is 5.97 Å². The Bertz CT molecular complexity index is 1190. The third-order valence-corrected chi connectivity index (χ3v) is 6.60. The molecule has 3 rings (SSSR count). The molecule has 2 aromatic carbocycles. The number of benzene rings is 2. The van der Waals surface area contributed by atoms with Gasteiger partial charge < -0.3 is 14.8 Å². The topological polar surface area (TPSA) is 108 Å². The molecule has 9 heteroatoms. The third-order valence-electron chi connectivity index (χ3n) is 5.67. The SMILES string of the molecule is CCCC(OC(=O)C1=C(C)NC(C)=C([N+](=O)[O-])C1c1ccccc1OCc1ccccc1)SC(C)=O. The Balaban J connectivity index is 2.04. The second-order valence-corrected chi connectivity index (χ2v) is 9.75. The minimum absolute atomic E-state index is 0.119. The molecule has 36 heavy (non-hydrogen) atoms. The Morgan fingerprint density at radius 3 is 2.39 bits per heavy atom. The lowest BCUT2D eigenvalue weighted by atomic mass is 9.83. The summed E-state index contributed by atoms with van der Waals surface area (Å²) in [4.78, 5) is 36.9. The number of thioether (sulfide) groups is 1. The van der Waals surface area contributed by atoms with Crippen molar-refractivity contribution in [3.8, 4) is 5.75 Å². The van der Waals surface area contributed by atoms with Gasteiger partial charge in [-0.3, -0.25) is 14.9 Å². The number of hydrogen-bond acceptors (Lipinski definition) is 8. The van der Waals surface area contributed by atoms with Crippen LogP contribution in [0.5, 0.6) is 5.75 Å². The molecule has 0 radical (unpaired) electrons. The first-order valence-electron chi connectivity index (χ1n) is 11.7. The number of rotatable bonds is 10. The predicted molar refractivity (Wildman–Crippen MR) is 139 cm³/mol. The first kappa shape index (κ1) is 27.0. The quantitative estimate of drug-likeness (QED) is 0.188. The van der Waals surface area contributed by atoms with Crippen LogP contribution < -0.4 is 10.1 Å². The Morgan fingerprint density at radius 1 is 1.08 bits per heavy atom. The van der Waals surface area contributed by atoms with E-state index in [2.05, 4.69) is 5.32 Å². The summed E-state index contributed by atoms with van der Waals surface area (Å²) >= 11 is 0.936. The fraction of sp³-hybridized carbons (Fsp3) is 0.333. The standard InChI is InChI=1S/C27H30N2O6S/c1-5-11-23(36-19(4)30)35-27(31)24-17(2)28-18(3)26(29(32)33)25(24)21-14-9-10-15-22(21)34-16-20-12-7-6-8-13-20/h6-10,12-15,23,25,28H,5,11,16H2,1-4H3. The van der Waals surface area contributed by atoms with Crippen LogP contribution in [0.15, 0.2) is 77.3 Å². The fourth-order valence-electron chi connectivity index (χ4n) is 4.13. The van der Waals surface area contributed by atoms with Gasteiger partial charge in [0.05, 0.1) is 16.2 Å². The third kappa shape index (κ3) is 6.54. The molecule has 1 aliphatic heterocycles. The van der Waals surface area contributed by atoms with Crippen molar-refractivity contribution in [2.24, 2.45) is 0 Å². The molecule has 1 aliphatic rings. The number of hydrogen-bond donors (Lipinski definition) is 1. The fourth-order valence-corrected chi connectivity index (χ4v) is 4.99. The van der Waals surface area contributed by atoms with Crippen molar-refractivity contribution >= 4 is 22.8 Å². The second-order valence-electron chi connectivity index (χ2n) is 8.41. The van der Waals surface area contributed by atoms with E-state index in [1.54, 1.807) is 38.1 Å². The summed E-state index contributed by atoms with van der Waals surface area (Å²) < 4.78 is 11.8. The zero-order chi connectivity index (χ0) is 26.2. The summed E-state index contributed by atoms with van der Waals surface area (Å²) in [7, 11) is 0. The van der Waals surface area contributed by atoms with Gasteiger partial charge in [0.1, 0.15) is 18.3 Å². The van der Waals surface area contributed by atoms with Crippen molar-refractivity contribution in [3.05, 3.63) is 98.5 Å². The summed E-state index contributed by atoms with van der Waals surface area (Å²) in [5, 5.41) is 15.0. The molecule has 0 saturated carbocycles. The average molecular weight is 511 g/mol. The molecule has 0 spiro atoms. The van der Waals surface area contributed by atoms with Crippen molar-refractivity contribution in [2.75, 3.05) is 0 Å². The molecule has 0 amide bonds. The van der Waals surface area contributed by atoms with E-state index in [9.17, 15) is 19.7 Å². The van der Waals surface area contributed by atoms with Crippen LogP contribution in [0.2, 0.25) is 0 Å². The molecule has 8 nitrogen and oxygen atoms in total. The number of nitro groups is 1. The van der Waals surface area contributed by atoms with Crippen LogP contribution in [0.3, 0.4) is 0 Å². The van der Waals surface area contributed by atoms with Gasteiger partial charge in [0.15, 0.2) is 10.6 Å². The maximum absolute atomic E-state index is 13.5. The number of dihydropyridines is 1. The van der Waals surface area contributed by atoms with E-state index in [1.807, 2.05) is 37.3 Å². The molecule has 0 aromatic heterocycles. The van der Waals surface area contributed by atoms with Gasteiger partial charge in [0.2, 0.25) is 0 Å². The summed E-state index contributed by atoms with van der Waals surface area (Å²) in [6.07, 6.45) is 1.18. The highest BCUT2D eigenvalue weighted by Gasteiger charge is 2.42. The van der Waals surface area contributed by atoms with Gasteiger partial charge in [0.25, 0.3) is 5.70 Å². The Labute approximate surface area is 214 Å². The number of nitrogens with zero attached hydrogens (tertiary/aromatic N) is 1. The van der Waals surface area contributed by atoms with E-state index in [4.69, 9.17) is 9.47 Å². The molecule has 0 aliphatic carbocycles. The number of allylic oxidation sites excluding steroid dienone is 3. The van der Waals surface area contributed by atoms with Crippen LogP contribution in [0, 0.1) is 10.1 Å². The first-order valence-corrected chi connectivity index (χ1v) is 12.6. The van der Waals surface area contributed by atoms with Crippen molar-refractivity contribution in [3.63, 3.8) is 0 Å². The lowest BCUT2D eigenvalue weighted by Crippen LogP contribution is -2.33. The lowest BCUT2D eigenvalue weighted by molar-refractivity contribution is -0.431. The Hall–Kier alpha value is -3.59. The van der Waals surface area contributed by atoms with E-state index < -0.39 is 22.2 Å². The molecule has 0 saturated heterocycles. The van der Waals surface area contributed by atoms with Gasteiger partial charge in [-0.25, -0.2) is 4.79 Å². The molecular formula is C27H30N2O6S. The smallest absolute Gasteiger partial charge is 0.338 e. The Kier molecular flexibility index (Phi) is 9.30. The second kappa shape index (κ2) is 12.4. The summed E-state index contributed by atoms with van der Waals surface area (Å²) in [6, 6.07) is 16.6. The van der Waals surface area contributed by atoms with Crippen molar-refractivity contribution in [1.82, 2.24) is 5.32 Å². The molecule has 1 heterocycles. The van der Waals surface area contributed by atoms with Crippen LogP contribution in [0.4, 0.5) is 0 Å². The summed E-state index contributed by atoms with van der Waals surface area (Å²) in [5.41, 5.74) is 1.49. The number of para-hydroxylation sites is 1. The molecular weight excluding hydrogens is 480 g/mol. The minimum atomic E-state index is -1.02. The van der Waals surface area contributed by atoms with E-state index in [1.165, 1.54) is 6.92 Å². The van der Waals surface area contributed by atoms with E-state index in [-0.39, 0.29) is 23.0 Å². The van der Waals surface area contributed by atoms with Crippen molar-refractivity contribution in [2.45, 2.75) is 58.5 Å². The molecule has 0 bridgehead atoms. The maximum atomic E-state index is 13.5. The number of nitrogens with one attached hydrogen (secondary N) is 1. The first-order chi connectivity index (χ1) is 17.2. The molecule has 1 N–H and O–H groups in total. The highest BCUT2D eigenvalue weighted by molar-refractivity contribution is 8.13. The predicted octanol–water partition coefficient (Wildman–Crippen LogP) is 5.68. The molecule has 2 atom stereocenters. The molecule has 2 unspecified atom stereocenters. The monoisotopic (exact) mass is 510 g/mol. The van der Waals surface area contributed by atoms with Gasteiger partial charge in [-0.05, 0) is 43.7 Å². The zero-order valence-corrected chi connectivity index (χ0v) is 21.6. The van der Waals surface area contributed by atoms with E-state index in [0.717, 1.165) is 17.3 Å². The van der Waals surface area contributed by atoms with Crippen LogP contribution in [0.1, 0.15) is 57.6 Å². The van der Waals surface area contributed by atoms with Crippen LogP contribution >= 0.6 is 11.8 Å². The summed E-state index contributed by atoms with van der Waals surface area (Å²) in [6.45, 7) is 6.89. The Morgan fingerprint density at radius 2 is 1.75 bits per heavy atom. The van der Waals surface area contributed by atoms with Gasteiger partial charge in [-0.1, -0.05) is 61.9 Å². The lowest BCUT2D eigenvalue weighted by Gasteiger charge is -2.28. The van der Waals surface area contributed by atoms with Crippen molar-refractivity contribution in [1.29, 1.82) is 0 Å². The minimum Gasteiger partial charge on any atom is -0.489 e. The van der Waals surface area contributed by atoms with Gasteiger partial charge in [0, 0.05) is 18.2 Å². The maximum Gasteiger partial charge on any atom is 0.338 e. The highest BCUT2D eigenvalue weighted by Crippen LogP contribution is 2.43. The van der Waals surface area contributed by atoms with Gasteiger partial charge in [-0.2, -0.15) is 0 Å². The zero-order valence-electron chi connectivity index (χ0n) is 20.8. The van der Waals surface area contributed by atoms with Crippen LogP contribution in [0.25, 0.3) is 0 Å². The van der Waals surface area contributed by atoms with Crippen molar-refractivity contribution < 1.29 is 24.0 Å². The largest absolute Gasteiger partial charge is 0.489 e. The normalized spacial score (nSPS) is 16.3. The molecule has 0 fully saturated rings. The number of carbonyl (C=O) groups excluding carboxylic acids is 2. The number of ether oxygens (including phenoxy) is 2.